The largest absolute Gasteiger partial charge is 0.382 e. The highest BCUT2D eigenvalue weighted by Crippen LogP contribution is 2.22. The van der Waals surface area contributed by atoms with Crippen LogP contribution in [-0.2, 0) is 4.74 Å². The topological polar surface area (TPSA) is 24.5 Å². The third-order valence-corrected chi connectivity index (χ3v) is 3.57. The van der Waals surface area contributed by atoms with E-state index in [1.807, 2.05) is 6.92 Å². The SMILES string of the molecule is CCOCCCNC(=S)N(C)C1CCCC1. The van der Waals surface area contributed by atoms with E-state index in [9.17, 15) is 0 Å². The van der Waals surface area contributed by atoms with Gasteiger partial charge in [-0.2, -0.15) is 0 Å². The maximum atomic E-state index is 5.37. The molecule has 1 N–H and O–H groups in total. The number of hydrogen-bond acceptors (Lipinski definition) is 2. The Bertz CT molecular complexity index is 205. The Morgan fingerprint density at radius 2 is 2.12 bits per heavy atom. The van der Waals surface area contributed by atoms with Gasteiger partial charge in [-0.05, 0) is 38.4 Å². The zero-order valence-corrected chi connectivity index (χ0v) is 11.3. The maximum absolute atomic E-state index is 5.37. The highest BCUT2D eigenvalue weighted by Gasteiger charge is 2.20. The fourth-order valence-corrected chi connectivity index (χ4v) is 2.35. The van der Waals surface area contributed by atoms with Gasteiger partial charge in [0.15, 0.2) is 5.11 Å². The monoisotopic (exact) mass is 244 g/mol. The molecule has 1 aliphatic carbocycles. The van der Waals surface area contributed by atoms with E-state index in [1.165, 1.54) is 25.7 Å². The van der Waals surface area contributed by atoms with Gasteiger partial charge >= 0.3 is 0 Å². The molecule has 4 heteroatoms. The summed E-state index contributed by atoms with van der Waals surface area (Å²) in [5, 5.41) is 4.19. The van der Waals surface area contributed by atoms with E-state index in [0.29, 0.717) is 6.04 Å². The molecule has 1 fully saturated rings. The molecule has 0 aromatic heterocycles. The van der Waals surface area contributed by atoms with Gasteiger partial charge in [0.1, 0.15) is 0 Å². The lowest BCUT2D eigenvalue weighted by Crippen LogP contribution is -2.42. The van der Waals surface area contributed by atoms with E-state index in [4.69, 9.17) is 17.0 Å². The summed E-state index contributed by atoms with van der Waals surface area (Å²) >= 11 is 5.37. The van der Waals surface area contributed by atoms with Crippen molar-refractivity contribution in [1.29, 1.82) is 0 Å². The van der Waals surface area contributed by atoms with Crippen LogP contribution in [0, 0.1) is 0 Å². The molecule has 0 spiro atoms. The second-order valence-corrected chi connectivity index (χ2v) is 4.72. The van der Waals surface area contributed by atoms with Crippen molar-refractivity contribution in [1.82, 2.24) is 10.2 Å². The van der Waals surface area contributed by atoms with E-state index in [2.05, 4.69) is 17.3 Å². The number of ether oxygens (including phenoxy) is 1. The summed E-state index contributed by atoms with van der Waals surface area (Å²) in [6.07, 6.45) is 6.30. The molecule has 1 aliphatic rings. The number of hydrogen-bond donors (Lipinski definition) is 1. The lowest BCUT2D eigenvalue weighted by atomic mass is 10.2. The lowest BCUT2D eigenvalue weighted by molar-refractivity contribution is 0.145. The van der Waals surface area contributed by atoms with Crippen LogP contribution >= 0.6 is 12.2 Å². The Balaban J connectivity index is 2.09. The minimum absolute atomic E-state index is 0.659. The summed E-state index contributed by atoms with van der Waals surface area (Å²) in [4.78, 5) is 2.23. The standard InChI is InChI=1S/C12H24N2OS/c1-3-15-10-6-9-13-12(16)14(2)11-7-4-5-8-11/h11H,3-10H2,1-2H3,(H,13,16). The molecular formula is C12H24N2OS. The molecular weight excluding hydrogens is 220 g/mol. The molecule has 3 nitrogen and oxygen atoms in total. The van der Waals surface area contributed by atoms with Crippen molar-refractivity contribution in [2.75, 3.05) is 26.8 Å². The number of nitrogens with zero attached hydrogens (tertiary/aromatic N) is 1. The first-order chi connectivity index (χ1) is 7.75. The molecule has 1 rings (SSSR count). The summed E-state index contributed by atoms with van der Waals surface area (Å²) < 4.78 is 5.28. The first-order valence-electron chi connectivity index (χ1n) is 6.34. The Labute approximate surface area is 105 Å². The molecule has 0 amide bonds. The Morgan fingerprint density at radius 3 is 2.75 bits per heavy atom. The van der Waals surface area contributed by atoms with E-state index >= 15 is 0 Å². The minimum atomic E-state index is 0.659. The van der Waals surface area contributed by atoms with Crippen LogP contribution in [0.4, 0.5) is 0 Å². The van der Waals surface area contributed by atoms with Crippen LogP contribution in [0.5, 0.6) is 0 Å². The number of rotatable bonds is 6. The van der Waals surface area contributed by atoms with Gasteiger partial charge in [0, 0.05) is 32.8 Å². The van der Waals surface area contributed by atoms with Crippen LogP contribution < -0.4 is 5.32 Å². The molecule has 16 heavy (non-hydrogen) atoms. The predicted octanol–water partition coefficient (Wildman–Crippen LogP) is 2.16. The zero-order chi connectivity index (χ0) is 11.8. The third-order valence-electron chi connectivity index (χ3n) is 3.14. The summed E-state index contributed by atoms with van der Waals surface area (Å²) in [5.74, 6) is 0. The third kappa shape index (κ3) is 4.66. The van der Waals surface area contributed by atoms with Gasteiger partial charge in [0.25, 0.3) is 0 Å². The molecule has 94 valence electrons. The molecule has 0 saturated heterocycles. The second kappa shape index (κ2) is 7.85. The number of thiocarbonyl (C=S) groups is 1. The Kier molecular flexibility index (Phi) is 6.73. The fourth-order valence-electron chi connectivity index (χ4n) is 2.10. The Morgan fingerprint density at radius 1 is 1.44 bits per heavy atom. The molecule has 0 unspecified atom stereocenters. The molecule has 0 aromatic rings. The normalized spacial score (nSPS) is 16.4. The summed E-state index contributed by atoms with van der Waals surface area (Å²) in [5.41, 5.74) is 0. The molecule has 0 heterocycles. The molecule has 0 bridgehead atoms. The van der Waals surface area contributed by atoms with Crippen LogP contribution in [0.15, 0.2) is 0 Å². The minimum Gasteiger partial charge on any atom is -0.382 e. The number of nitrogens with one attached hydrogen (secondary N) is 1. The van der Waals surface area contributed by atoms with Gasteiger partial charge in [-0.15, -0.1) is 0 Å². The summed E-state index contributed by atoms with van der Waals surface area (Å²) in [6, 6.07) is 0.659. The van der Waals surface area contributed by atoms with Crippen molar-refractivity contribution in [3.8, 4) is 0 Å². The van der Waals surface area contributed by atoms with Gasteiger partial charge in [-0.3, -0.25) is 0 Å². The van der Waals surface area contributed by atoms with Gasteiger partial charge in [0.05, 0.1) is 0 Å². The van der Waals surface area contributed by atoms with Gasteiger partial charge < -0.3 is 15.0 Å². The van der Waals surface area contributed by atoms with E-state index in [-0.39, 0.29) is 0 Å². The van der Waals surface area contributed by atoms with Gasteiger partial charge in [-0.25, -0.2) is 0 Å². The predicted molar refractivity (Wildman–Crippen MR) is 71.7 cm³/mol. The smallest absolute Gasteiger partial charge is 0.168 e. The molecule has 1 saturated carbocycles. The first-order valence-corrected chi connectivity index (χ1v) is 6.75. The lowest BCUT2D eigenvalue weighted by Gasteiger charge is -2.27. The first kappa shape index (κ1) is 13.7. The average Bonchev–Trinajstić information content (AvgIpc) is 2.81. The summed E-state index contributed by atoms with van der Waals surface area (Å²) in [6.45, 7) is 4.55. The quantitative estimate of drug-likeness (QED) is 0.572. The van der Waals surface area contributed by atoms with E-state index in [1.54, 1.807) is 0 Å². The Hall–Kier alpha value is -0.350. The molecule has 0 aliphatic heterocycles. The van der Waals surface area contributed by atoms with Crippen molar-refractivity contribution in [2.45, 2.75) is 45.1 Å². The van der Waals surface area contributed by atoms with Crippen LogP contribution in [0.3, 0.4) is 0 Å². The average molecular weight is 244 g/mol. The summed E-state index contributed by atoms with van der Waals surface area (Å²) in [7, 11) is 2.11. The van der Waals surface area contributed by atoms with Crippen molar-refractivity contribution in [3.05, 3.63) is 0 Å². The van der Waals surface area contributed by atoms with Crippen molar-refractivity contribution in [3.63, 3.8) is 0 Å². The fraction of sp³-hybridized carbons (Fsp3) is 0.917. The van der Waals surface area contributed by atoms with Crippen molar-refractivity contribution in [2.24, 2.45) is 0 Å². The molecule has 0 atom stereocenters. The molecule has 0 aromatic carbocycles. The molecule has 0 radical (unpaired) electrons. The van der Waals surface area contributed by atoms with Gasteiger partial charge in [-0.1, -0.05) is 12.8 Å². The van der Waals surface area contributed by atoms with E-state index in [0.717, 1.165) is 31.3 Å². The van der Waals surface area contributed by atoms with E-state index < -0.39 is 0 Å². The highest BCUT2D eigenvalue weighted by molar-refractivity contribution is 7.80. The second-order valence-electron chi connectivity index (χ2n) is 4.33. The van der Waals surface area contributed by atoms with Gasteiger partial charge in [0.2, 0.25) is 0 Å². The highest BCUT2D eigenvalue weighted by atomic mass is 32.1. The van der Waals surface area contributed by atoms with Crippen LogP contribution in [0.25, 0.3) is 0 Å². The van der Waals surface area contributed by atoms with Crippen molar-refractivity contribution < 1.29 is 4.74 Å². The van der Waals surface area contributed by atoms with Crippen LogP contribution in [-0.4, -0.2) is 42.9 Å². The van der Waals surface area contributed by atoms with Crippen molar-refractivity contribution >= 4 is 17.3 Å². The van der Waals surface area contributed by atoms with Crippen LogP contribution in [0.2, 0.25) is 0 Å². The zero-order valence-electron chi connectivity index (χ0n) is 10.5. The maximum Gasteiger partial charge on any atom is 0.168 e. The van der Waals surface area contributed by atoms with Crippen LogP contribution in [0.1, 0.15) is 39.0 Å².